The number of nitrogens with one attached hydrogen (secondary N) is 2. The van der Waals surface area contributed by atoms with Crippen LogP contribution in [0.2, 0.25) is 0 Å². The van der Waals surface area contributed by atoms with Gasteiger partial charge in [0.25, 0.3) is 0 Å². The summed E-state index contributed by atoms with van der Waals surface area (Å²) in [4.78, 5) is -0.685. The second-order valence-electron chi connectivity index (χ2n) is 6.78. The van der Waals surface area contributed by atoms with Gasteiger partial charge in [-0.25, -0.2) is 12.8 Å². The second-order valence-corrected chi connectivity index (χ2v) is 9.04. The summed E-state index contributed by atoms with van der Waals surface area (Å²) in [6, 6.07) is 13.2. The Morgan fingerprint density at radius 3 is 2.21 bits per heavy atom. The second kappa shape index (κ2) is 5.12. The molecule has 2 N–H and O–H groups in total. The number of hydrogen-bond donors (Lipinski definition) is 2. The zero-order valence-corrected chi connectivity index (χ0v) is 14.2. The standard InChI is InChI=1S/C18H19FN2O2S/c1-13-2-8-16(9-3-13)24(22,23)18-10-17(11-21-18,20-12-18)14-4-6-15(19)7-5-14/h2-9,20-21H,10-12H2,1H3/t17-,18+/m1/s1. The third-order valence-corrected chi connectivity index (χ3v) is 7.61. The molecule has 2 aliphatic rings. The first-order valence-corrected chi connectivity index (χ1v) is 9.43. The van der Waals surface area contributed by atoms with Gasteiger partial charge < -0.3 is 5.32 Å². The molecule has 0 aliphatic carbocycles. The lowest BCUT2D eigenvalue weighted by molar-refractivity contribution is 0.383. The van der Waals surface area contributed by atoms with E-state index in [0.29, 0.717) is 24.4 Å². The van der Waals surface area contributed by atoms with Crippen molar-refractivity contribution in [2.45, 2.75) is 28.6 Å². The molecule has 0 spiro atoms. The number of aryl methyl sites for hydroxylation is 1. The van der Waals surface area contributed by atoms with E-state index >= 15 is 0 Å². The predicted molar refractivity (Wildman–Crippen MR) is 89.8 cm³/mol. The highest BCUT2D eigenvalue weighted by molar-refractivity contribution is 7.92. The number of benzene rings is 2. The van der Waals surface area contributed by atoms with E-state index in [0.717, 1.165) is 11.1 Å². The SMILES string of the molecule is Cc1ccc(S(=O)(=O)[C@@]23CN[C@@](c4ccc(F)cc4)(CN2)C3)cc1. The smallest absolute Gasteiger partial charge is 0.198 e. The molecule has 4 nitrogen and oxygen atoms in total. The van der Waals surface area contributed by atoms with Crippen molar-refractivity contribution in [3.8, 4) is 0 Å². The molecular weight excluding hydrogens is 327 g/mol. The Bertz CT molecular complexity index is 868. The minimum absolute atomic E-state index is 0.294. The monoisotopic (exact) mass is 346 g/mol. The Morgan fingerprint density at radius 2 is 1.62 bits per heavy atom. The molecule has 2 aliphatic heterocycles. The van der Waals surface area contributed by atoms with E-state index in [1.807, 2.05) is 19.1 Å². The van der Waals surface area contributed by atoms with Gasteiger partial charge in [-0.15, -0.1) is 0 Å². The van der Waals surface area contributed by atoms with E-state index in [1.54, 1.807) is 24.3 Å². The maximum Gasteiger partial charge on any atom is 0.198 e. The molecule has 2 atom stereocenters. The summed E-state index contributed by atoms with van der Waals surface area (Å²) < 4.78 is 39.6. The van der Waals surface area contributed by atoms with E-state index in [-0.39, 0.29) is 5.82 Å². The number of piperazine rings is 1. The van der Waals surface area contributed by atoms with Crippen molar-refractivity contribution < 1.29 is 12.8 Å². The van der Waals surface area contributed by atoms with E-state index in [2.05, 4.69) is 10.6 Å². The summed E-state index contributed by atoms with van der Waals surface area (Å²) in [6.45, 7) is 2.77. The van der Waals surface area contributed by atoms with Gasteiger partial charge in [-0.05, 0) is 36.8 Å². The molecule has 2 aromatic rings. The van der Waals surface area contributed by atoms with Gasteiger partial charge in [0.2, 0.25) is 0 Å². The van der Waals surface area contributed by atoms with Crippen molar-refractivity contribution >= 4 is 9.84 Å². The summed E-state index contributed by atoms with van der Waals surface area (Å²) in [5.41, 5.74) is 1.47. The number of fused-ring (bicyclic) bond motifs is 2. The van der Waals surface area contributed by atoms with Crippen LogP contribution >= 0.6 is 0 Å². The largest absolute Gasteiger partial charge is 0.303 e. The predicted octanol–water partition coefficient (Wildman–Crippen LogP) is 2.10. The van der Waals surface area contributed by atoms with Crippen molar-refractivity contribution in [2.75, 3.05) is 13.1 Å². The zero-order valence-electron chi connectivity index (χ0n) is 13.3. The first-order valence-electron chi connectivity index (χ1n) is 7.94. The van der Waals surface area contributed by atoms with Crippen molar-refractivity contribution in [3.63, 3.8) is 0 Å². The molecule has 0 saturated carbocycles. The quantitative estimate of drug-likeness (QED) is 0.894. The Labute approximate surface area is 141 Å². The fourth-order valence-electron chi connectivity index (χ4n) is 3.79. The van der Waals surface area contributed by atoms with Crippen molar-refractivity contribution in [3.05, 3.63) is 65.5 Å². The summed E-state index contributed by atoms with van der Waals surface area (Å²) >= 11 is 0. The minimum Gasteiger partial charge on any atom is -0.303 e. The van der Waals surface area contributed by atoms with E-state index < -0.39 is 20.2 Å². The van der Waals surface area contributed by atoms with Gasteiger partial charge in [0.15, 0.2) is 9.84 Å². The molecule has 0 aromatic heterocycles. The van der Waals surface area contributed by atoms with E-state index in [9.17, 15) is 12.8 Å². The van der Waals surface area contributed by atoms with Crippen LogP contribution in [0.5, 0.6) is 0 Å². The van der Waals surface area contributed by atoms with Crippen LogP contribution in [-0.4, -0.2) is 26.4 Å². The number of sulfone groups is 1. The molecule has 0 radical (unpaired) electrons. The van der Waals surface area contributed by atoms with Crippen LogP contribution in [0, 0.1) is 12.7 Å². The van der Waals surface area contributed by atoms with Gasteiger partial charge in [0.1, 0.15) is 10.7 Å². The van der Waals surface area contributed by atoms with Gasteiger partial charge in [-0.3, -0.25) is 5.32 Å². The van der Waals surface area contributed by atoms with Gasteiger partial charge in [0, 0.05) is 19.5 Å². The van der Waals surface area contributed by atoms with Crippen LogP contribution in [0.25, 0.3) is 0 Å². The van der Waals surface area contributed by atoms with Gasteiger partial charge in [0.05, 0.1) is 10.4 Å². The maximum absolute atomic E-state index is 13.2. The lowest BCUT2D eigenvalue weighted by Gasteiger charge is -2.30. The summed E-state index contributed by atoms with van der Waals surface area (Å²) in [6.07, 6.45) is 0.432. The third kappa shape index (κ3) is 2.13. The molecule has 2 bridgehead atoms. The van der Waals surface area contributed by atoms with Crippen LogP contribution in [0.4, 0.5) is 4.39 Å². The van der Waals surface area contributed by atoms with Crippen LogP contribution < -0.4 is 10.6 Å². The summed E-state index contributed by atoms with van der Waals surface area (Å²) in [5.74, 6) is -0.294. The van der Waals surface area contributed by atoms with Crippen LogP contribution in [0.15, 0.2) is 53.4 Å². The molecule has 2 heterocycles. The summed E-state index contributed by atoms with van der Waals surface area (Å²) in [7, 11) is -3.53. The molecule has 126 valence electrons. The fourth-order valence-corrected chi connectivity index (χ4v) is 5.70. The fraction of sp³-hybridized carbons (Fsp3) is 0.333. The topological polar surface area (TPSA) is 58.2 Å². The number of hydrogen-bond acceptors (Lipinski definition) is 4. The molecule has 0 amide bonds. The minimum atomic E-state index is -3.53. The lowest BCUT2D eigenvalue weighted by atomic mass is 9.90. The number of halogens is 1. The number of rotatable bonds is 3. The Hall–Kier alpha value is -1.76. The molecule has 4 rings (SSSR count). The highest BCUT2D eigenvalue weighted by atomic mass is 32.2. The van der Waals surface area contributed by atoms with Gasteiger partial charge in [-0.2, -0.15) is 0 Å². The highest BCUT2D eigenvalue weighted by Gasteiger charge is 2.61. The first kappa shape index (κ1) is 15.7. The van der Waals surface area contributed by atoms with Crippen LogP contribution in [0.3, 0.4) is 0 Å². The lowest BCUT2D eigenvalue weighted by Crippen LogP contribution is -2.56. The van der Waals surface area contributed by atoms with Crippen molar-refractivity contribution in [2.24, 2.45) is 0 Å². The van der Waals surface area contributed by atoms with Crippen molar-refractivity contribution in [1.82, 2.24) is 10.6 Å². The average molecular weight is 346 g/mol. The zero-order chi connectivity index (χ0) is 17.0. The van der Waals surface area contributed by atoms with Crippen LogP contribution in [0.1, 0.15) is 17.5 Å². The normalized spacial score (nSPS) is 29.1. The van der Waals surface area contributed by atoms with Gasteiger partial charge in [-0.1, -0.05) is 29.8 Å². The van der Waals surface area contributed by atoms with Gasteiger partial charge >= 0.3 is 0 Å². The molecule has 2 saturated heterocycles. The van der Waals surface area contributed by atoms with Crippen molar-refractivity contribution in [1.29, 1.82) is 0 Å². The van der Waals surface area contributed by atoms with E-state index in [1.165, 1.54) is 12.1 Å². The van der Waals surface area contributed by atoms with E-state index in [4.69, 9.17) is 0 Å². The third-order valence-electron chi connectivity index (χ3n) is 5.25. The molecule has 2 fully saturated rings. The molecule has 6 heteroatoms. The molecule has 24 heavy (non-hydrogen) atoms. The Kier molecular flexibility index (Phi) is 3.36. The average Bonchev–Trinajstić information content (AvgIpc) is 3.15. The highest BCUT2D eigenvalue weighted by Crippen LogP contribution is 2.45. The maximum atomic E-state index is 13.2. The molecule has 2 aromatic carbocycles. The molecular formula is C18H19FN2O2S. The molecule has 0 unspecified atom stereocenters. The first-order chi connectivity index (χ1) is 11.4. The summed E-state index contributed by atoms with van der Waals surface area (Å²) in [5, 5.41) is 6.60. The Morgan fingerprint density at radius 1 is 0.958 bits per heavy atom. The van der Waals surface area contributed by atoms with Crippen LogP contribution in [-0.2, 0) is 15.4 Å². The Balaban J connectivity index is 1.71.